The van der Waals surface area contributed by atoms with Crippen LogP contribution in [-0.4, -0.2) is 27.5 Å². The molecule has 1 aromatic heterocycles. The van der Waals surface area contributed by atoms with Crippen molar-refractivity contribution >= 4 is 29.3 Å². The van der Waals surface area contributed by atoms with E-state index in [4.69, 9.17) is 14.5 Å². The second kappa shape index (κ2) is 10.3. The average Bonchev–Trinajstić information content (AvgIpc) is 3.23. The van der Waals surface area contributed by atoms with Crippen molar-refractivity contribution in [3.8, 4) is 17.1 Å². The number of rotatable bonds is 8. The summed E-state index contributed by atoms with van der Waals surface area (Å²) in [5.41, 5.74) is 2.39. The lowest BCUT2D eigenvalue weighted by Gasteiger charge is -2.25. The maximum absolute atomic E-state index is 12.1. The van der Waals surface area contributed by atoms with Crippen molar-refractivity contribution in [2.45, 2.75) is 70.1 Å². The molecule has 0 aliphatic heterocycles. The molecular formula is C26H32N2O3S2. The van der Waals surface area contributed by atoms with Gasteiger partial charge in [-0.05, 0) is 74.0 Å². The van der Waals surface area contributed by atoms with Crippen molar-refractivity contribution in [2.24, 2.45) is 0 Å². The van der Waals surface area contributed by atoms with E-state index in [0.29, 0.717) is 12.4 Å². The summed E-state index contributed by atoms with van der Waals surface area (Å²) in [5, 5.41) is 0.983. The lowest BCUT2D eigenvalue weighted by molar-refractivity contribution is -0.158. The third-order valence-electron chi connectivity index (χ3n) is 5.12. The Balaban J connectivity index is 1.62. The summed E-state index contributed by atoms with van der Waals surface area (Å²) in [4.78, 5) is 17.9. The molecule has 5 nitrogen and oxygen atoms in total. The first kappa shape index (κ1) is 25.2. The van der Waals surface area contributed by atoms with Crippen LogP contribution in [0, 0.1) is 6.92 Å². The van der Waals surface area contributed by atoms with Crippen LogP contribution >= 0.6 is 23.3 Å². The number of carbonyl (C=O) groups excluding carboxylic acids is 1. The molecule has 0 aliphatic rings. The van der Waals surface area contributed by atoms with Crippen LogP contribution in [0.5, 0.6) is 5.75 Å². The number of esters is 1. The zero-order chi connectivity index (χ0) is 24.2. The molecule has 176 valence electrons. The van der Waals surface area contributed by atoms with Crippen molar-refractivity contribution in [3.63, 3.8) is 0 Å². The fraction of sp³-hybridized carbons (Fsp3) is 0.423. The molecule has 3 aromatic rings. The van der Waals surface area contributed by atoms with Crippen LogP contribution in [0.25, 0.3) is 11.4 Å². The summed E-state index contributed by atoms with van der Waals surface area (Å²) in [5.74, 6) is 1.82. The molecule has 33 heavy (non-hydrogen) atoms. The number of hydrogen-bond donors (Lipinski definition) is 0. The summed E-state index contributed by atoms with van der Waals surface area (Å²) >= 11 is 3.14. The highest BCUT2D eigenvalue weighted by molar-refractivity contribution is 7.98. The normalized spacial score (nSPS) is 12.0. The number of benzene rings is 2. The summed E-state index contributed by atoms with van der Waals surface area (Å²) in [6, 6.07) is 14.5. The minimum absolute atomic E-state index is 0.128. The number of aromatic nitrogens is 2. The van der Waals surface area contributed by atoms with Crippen LogP contribution in [0.2, 0.25) is 0 Å². The number of carbonyl (C=O) groups is 1. The van der Waals surface area contributed by atoms with Gasteiger partial charge in [-0.25, -0.2) is 9.78 Å². The third-order valence-corrected chi connectivity index (χ3v) is 7.02. The van der Waals surface area contributed by atoms with Gasteiger partial charge in [-0.3, -0.25) is 0 Å². The third kappa shape index (κ3) is 6.58. The molecule has 0 amide bonds. The largest absolute Gasteiger partial charge is 0.476 e. The van der Waals surface area contributed by atoms with Crippen molar-refractivity contribution in [1.29, 1.82) is 0 Å². The lowest BCUT2D eigenvalue weighted by atomic mass is 9.87. The van der Waals surface area contributed by atoms with Gasteiger partial charge in [0.05, 0.1) is 12.4 Å². The van der Waals surface area contributed by atoms with Gasteiger partial charge in [0.1, 0.15) is 10.8 Å². The first-order valence-corrected chi connectivity index (χ1v) is 12.8. The molecule has 3 rings (SSSR count). The molecule has 0 radical (unpaired) electrons. The first-order chi connectivity index (χ1) is 15.5. The molecule has 2 aromatic carbocycles. The Hall–Kier alpha value is -2.38. The van der Waals surface area contributed by atoms with E-state index >= 15 is 0 Å². The first-order valence-electron chi connectivity index (χ1n) is 11.0. The van der Waals surface area contributed by atoms with E-state index in [1.165, 1.54) is 17.1 Å². The van der Waals surface area contributed by atoms with Gasteiger partial charge in [0.2, 0.25) is 0 Å². The predicted octanol–water partition coefficient (Wildman–Crippen LogP) is 6.82. The minimum atomic E-state index is -1.04. The molecular weight excluding hydrogens is 452 g/mol. The molecule has 0 saturated heterocycles. The molecule has 0 unspecified atom stereocenters. The number of aryl methyl sites for hydroxylation is 1. The molecule has 0 saturated carbocycles. The van der Waals surface area contributed by atoms with Gasteiger partial charge in [0, 0.05) is 10.5 Å². The van der Waals surface area contributed by atoms with Gasteiger partial charge in [-0.15, -0.1) is 11.8 Å². The van der Waals surface area contributed by atoms with E-state index in [-0.39, 0.29) is 11.4 Å². The van der Waals surface area contributed by atoms with Gasteiger partial charge in [-0.2, -0.15) is 4.37 Å². The van der Waals surface area contributed by atoms with Gasteiger partial charge >= 0.3 is 5.97 Å². The van der Waals surface area contributed by atoms with Crippen LogP contribution in [0.4, 0.5) is 0 Å². The molecule has 0 atom stereocenters. The molecule has 0 fully saturated rings. The zero-order valence-electron chi connectivity index (χ0n) is 20.4. The fourth-order valence-electron chi connectivity index (χ4n) is 3.14. The van der Waals surface area contributed by atoms with Gasteiger partial charge in [-0.1, -0.05) is 45.0 Å². The van der Waals surface area contributed by atoms with E-state index in [1.54, 1.807) is 32.5 Å². The standard InChI is InChI=1S/C26H32N2O3S2/c1-8-30-24(29)26(6,7)31-21-14-13-20(15-17(21)2)32-16-22-27-23(28-33-22)18-9-11-19(12-10-18)25(3,4)5/h9-15H,8,16H2,1-7H3. The Labute approximate surface area is 205 Å². The average molecular weight is 485 g/mol. The Morgan fingerprint density at radius 1 is 1.06 bits per heavy atom. The topological polar surface area (TPSA) is 61.3 Å². The molecule has 0 bridgehead atoms. The Bertz CT molecular complexity index is 1100. The van der Waals surface area contributed by atoms with E-state index in [1.807, 2.05) is 19.1 Å². The van der Waals surface area contributed by atoms with Crippen molar-refractivity contribution in [1.82, 2.24) is 9.36 Å². The van der Waals surface area contributed by atoms with E-state index < -0.39 is 5.60 Å². The fourth-order valence-corrected chi connectivity index (χ4v) is 4.77. The van der Waals surface area contributed by atoms with Crippen LogP contribution in [0.15, 0.2) is 47.4 Å². The van der Waals surface area contributed by atoms with Gasteiger partial charge in [0.25, 0.3) is 0 Å². The summed E-state index contributed by atoms with van der Waals surface area (Å²) < 4.78 is 15.6. The van der Waals surface area contributed by atoms with Gasteiger partial charge < -0.3 is 9.47 Å². The number of hydrogen-bond acceptors (Lipinski definition) is 7. The van der Waals surface area contributed by atoms with Crippen molar-refractivity contribution in [2.75, 3.05) is 6.61 Å². The Morgan fingerprint density at radius 3 is 2.36 bits per heavy atom. The van der Waals surface area contributed by atoms with E-state index in [0.717, 1.165) is 32.6 Å². The molecule has 0 N–H and O–H groups in total. The zero-order valence-corrected chi connectivity index (χ0v) is 22.0. The molecule has 0 aliphatic carbocycles. The smallest absolute Gasteiger partial charge is 0.349 e. The highest BCUT2D eigenvalue weighted by atomic mass is 32.2. The van der Waals surface area contributed by atoms with Crippen LogP contribution in [0.1, 0.15) is 57.7 Å². The Kier molecular flexibility index (Phi) is 7.85. The summed E-state index contributed by atoms with van der Waals surface area (Å²) in [7, 11) is 0. The predicted molar refractivity (Wildman–Crippen MR) is 136 cm³/mol. The summed E-state index contributed by atoms with van der Waals surface area (Å²) in [6.07, 6.45) is 0. The van der Waals surface area contributed by atoms with E-state index in [9.17, 15) is 4.79 Å². The monoisotopic (exact) mass is 484 g/mol. The SMILES string of the molecule is CCOC(=O)C(C)(C)Oc1ccc(SCc2nc(-c3ccc(C(C)(C)C)cc3)ns2)cc1C. The lowest BCUT2D eigenvalue weighted by Crippen LogP contribution is -2.39. The number of ether oxygens (including phenoxy) is 2. The van der Waals surface area contributed by atoms with Gasteiger partial charge in [0.15, 0.2) is 11.4 Å². The van der Waals surface area contributed by atoms with Crippen LogP contribution < -0.4 is 4.74 Å². The highest BCUT2D eigenvalue weighted by Gasteiger charge is 2.32. The number of thioether (sulfide) groups is 1. The molecule has 0 spiro atoms. The quantitative estimate of drug-likeness (QED) is 0.258. The van der Waals surface area contributed by atoms with Crippen molar-refractivity contribution < 1.29 is 14.3 Å². The van der Waals surface area contributed by atoms with Crippen LogP contribution in [0.3, 0.4) is 0 Å². The maximum atomic E-state index is 12.1. The molecule has 7 heteroatoms. The van der Waals surface area contributed by atoms with Crippen molar-refractivity contribution in [3.05, 3.63) is 58.6 Å². The second-order valence-corrected chi connectivity index (χ2v) is 11.3. The van der Waals surface area contributed by atoms with Crippen LogP contribution in [-0.2, 0) is 20.7 Å². The second-order valence-electron chi connectivity index (χ2n) is 9.39. The summed E-state index contributed by atoms with van der Waals surface area (Å²) in [6.45, 7) is 14.2. The molecule has 1 heterocycles. The maximum Gasteiger partial charge on any atom is 0.349 e. The minimum Gasteiger partial charge on any atom is -0.476 e. The highest BCUT2D eigenvalue weighted by Crippen LogP contribution is 2.31. The van der Waals surface area contributed by atoms with E-state index in [2.05, 4.69) is 55.5 Å². The number of nitrogens with zero attached hydrogens (tertiary/aromatic N) is 2. The Morgan fingerprint density at radius 2 is 1.76 bits per heavy atom.